The molecule has 1 aliphatic rings. The van der Waals surface area contributed by atoms with Crippen LogP contribution in [-0.2, 0) is 9.47 Å². The van der Waals surface area contributed by atoms with Gasteiger partial charge in [0.05, 0.1) is 19.3 Å². The SMILES string of the molecule is CCCCCCC(CC)OCC1CO1. The maximum absolute atomic E-state index is 5.77. The molecule has 0 bridgehead atoms. The Kier molecular flexibility index (Phi) is 6.20. The molecule has 0 radical (unpaired) electrons. The van der Waals surface area contributed by atoms with Crippen molar-refractivity contribution in [3.63, 3.8) is 0 Å². The largest absolute Gasteiger partial charge is 0.375 e. The first-order valence-electron chi connectivity index (χ1n) is 6.10. The van der Waals surface area contributed by atoms with Crippen LogP contribution >= 0.6 is 0 Å². The van der Waals surface area contributed by atoms with Gasteiger partial charge in [-0.2, -0.15) is 0 Å². The quantitative estimate of drug-likeness (QED) is 0.421. The molecule has 14 heavy (non-hydrogen) atoms. The first-order valence-corrected chi connectivity index (χ1v) is 6.10. The van der Waals surface area contributed by atoms with Crippen molar-refractivity contribution in [3.8, 4) is 0 Å². The van der Waals surface area contributed by atoms with Crippen LogP contribution in [0.25, 0.3) is 0 Å². The van der Waals surface area contributed by atoms with Crippen LogP contribution in [0.15, 0.2) is 0 Å². The van der Waals surface area contributed by atoms with Crippen molar-refractivity contribution in [2.75, 3.05) is 13.2 Å². The molecular weight excluding hydrogens is 176 g/mol. The molecule has 1 heterocycles. The zero-order valence-electron chi connectivity index (χ0n) is 9.63. The molecule has 0 spiro atoms. The summed E-state index contributed by atoms with van der Waals surface area (Å²) in [6.45, 7) is 6.18. The van der Waals surface area contributed by atoms with Crippen molar-refractivity contribution >= 4 is 0 Å². The Morgan fingerprint density at radius 3 is 2.64 bits per heavy atom. The van der Waals surface area contributed by atoms with E-state index in [1.165, 1.54) is 32.1 Å². The molecule has 84 valence electrons. The molecule has 1 aliphatic heterocycles. The van der Waals surface area contributed by atoms with Gasteiger partial charge >= 0.3 is 0 Å². The highest BCUT2D eigenvalue weighted by atomic mass is 16.6. The van der Waals surface area contributed by atoms with Gasteiger partial charge < -0.3 is 9.47 Å². The Bertz CT molecular complexity index is 132. The van der Waals surface area contributed by atoms with Crippen molar-refractivity contribution in [2.24, 2.45) is 0 Å². The third-order valence-corrected chi connectivity index (χ3v) is 2.76. The summed E-state index contributed by atoms with van der Waals surface area (Å²) >= 11 is 0. The summed E-state index contributed by atoms with van der Waals surface area (Å²) in [6, 6.07) is 0. The van der Waals surface area contributed by atoms with Gasteiger partial charge in [0.15, 0.2) is 0 Å². The van der Waals surface area contributed by atoms with Gasteiger partial charge in [-0.1, -0.05) is 39.5 Å². The minimum absolute atomic E-state index is 0.416. The monoisotopic (exact) mass is 200 g/mol. The van der Waals surface area contributed by atoms with E-state index in [2.05, 4.69) is 13.8 Å². The number of hydrogen-bond donors (Lipinski definition) is 0. The highest BCUT2D eigenvalue weighted by Crippen LogP contribution is 2.15. The molecule has 0 amide bonds. The highest BCUT2D eigenvalue weighted by Gasteiger charge is 2.23. The van der Waals surface area contributed by atoms with Gasteiger partial charge in [0, 0.05) is 0 Å². The van der Waals surface area contributed by atoms with E-state index in [1.807, 2.05) is 0 Å². The number of rotatable bonds is 9. The van der Waals surface area contributed by atoms with E-state index >= 15 is 0 Å². The zero-order valence-corrected chi connectivity index (χ0v) is 9.63. The fraction of sp³-hybridized carbons (Fsp3) is 1.00. The molecule has 1 fully saturated rings. The molecule has 1 saturated heterocycles. The second-order valence-corrected chi connectivity index (χ2v) is 4.17. The topological polar surface area (TPSA) is 21.8 Å². The standard InChI is InChI=1S/C12H24O2/c1-3-5-6-7-8-11(4-2)13-9-12-10-14-12/h11-12H,3-10H2,1-2H3. The van der Waals surface area contributed by atoms with Crippen LogP contribution in [0, 0.1) is 0 Å². The smallest absolute Gasteiger partial charge is 0.104 e. The third kappa shape index (κ3) is 5.61. The Balaban J connectivity index is 1.93. The van der Waals surface area contributed by atoms with Crippen molar-refractivity contribution in [2.45, 2.75) is 64.6 Å². The van der Waals surface area contributed by atoms with Gasteiger partial charge in [-0.15, -0.1) is 0 Å². The molecule has 0 N–H and O–H groups in total. The van der Waals surface area contributed by atoms with Crippen LogP contribution in [0.5, 0.6) is 0 Å². The summed E-state index contributed by atoms with van der Waals surface area (Å²) < 4.78 is 10.9. The van der Waals surface area contributed by atoms with E-state index in [-0.39, 0.29) is 0 Å². The van der Waals surface area contributed by atoms with Crippen molar-refractivity contribution < 1.29 is 9.47 Å². The predicted octanol–water partition coefficient (Wildman–Crippen LogP) is 3.15. The Hall–Kier alpha value is -0.0800. The first-order chi connectivity index (χ1) is 6.86. The lowest BCUT2D eigenvalue weighted by atomic mass is 10.1. The van der Waals surface area contributed by atoms with Crippen LogP contribution < -0.4 is 0 Å². The van der Waals surface area contributed by atoms with Gasteiger partial charge in [0.2, 0.25) is 0 Å². The molecule has 0 aromatic rings. The van der Waals surface area contributed by atoms with Crippen molar-refractivity contribution in [1.82, 2.24) is 0 Å². The van der Waals surface area contributed by atoms with E-state index in [0.29, 0.717) is 12.2 Å². The molecule has 2 heteroatoms. The van der Waals surface area contributed by atoms with E-state index in [1.54, 1.807) is 0 Å². The molecule has 0 saturated carbocycles. The summed E-state index contributed by atoms with van der Waals surface area (Å²) in [5.41, 5.74) is 0. The predicted molar refractivity (Wildman–Crippen MR) is 58.5 cm³/mol. The lowest BCUT2D eigenvalue weighted by Crippen LogP contribution is -2.15. The summed E-state index contributed by atoms with van der Waals surface area (Å²) in [7, 11) is 0. The Labute approximate surface area is 88.0 Å². The van der Waals surface area contributed by atoms with Crippen LogP contribution in [0.1, 0.15) is 52.4 Å². The van der Waals surface area contributed by atoms with E-state index < -0.39 is 0 Å². The van der Waals surface area contributed by atoms with Gasteiger partial charge in [-0.05, 0) is 12.8 Å². The van der Waals surface area contributed by atoms with Gasteiger partial charge in [-0.25, -0.2) is 0 Å². The summed E-state index contributed by atoms with van der Waals surface area (Å²) in [5.74, 6) is 0. The lowest BCUT2D eigenvalue weighted by molar-refractivity contribution is 0.0335. The third-order valence-electron chi connectivity index (χ3n) is 2.76. The zero-order chi connectivity index (χ0) is 10.2. The lowest BCUT2D eigenvalue weighted by Gasteiger charge is -2.14. The first kappa shape index (κ1) is 12.0. The average Bonchev–Trinajstić information content (AvgIpc) is 3.01. The fourth-order valence-electron chi connectivity index (χ4n) is 1.61. The molecule has 0 aliphatic carbocycles. The summed E-state index contributed by atoms with van der Waals surface area (Å²) in [4.78, 5) is 0. The molecular formula is C12H24O2. The molecule has 2 nitrogen and oxygen atoms in total. The van der Waals surface area contributed by atoms with Crippen LogP contribution in [0.4, 0.5) is 0 Å². The Morgan fingerprint density at radius 2 is 2.07 bits per heavy atom. The molecule has 2 atom stereocenters. The number of epoxide rings is 1. The van der Waals surface area contributed by atoms with E-state index in [4.69, 9.17) is 9.47 Å². The maximum atomic E-state index is 5.77. The molecule has 0 aromatic carbocycles. The summed E-state index contributed by atoms with van der Waals surface area (Å²) in [6.07, 6.45) is 8.60. The minimum Gasteiger partial charge on any atom is -0.375 e. The number of unbranched alkanes of at least 4 members (excludes halogenated alkanes) is 3. The van der Waals surface area contributed by atoms with Crippen molar-refractivity contribution in [1.29, 1.82) is 0 Å². The maximum Gasteiger partial charge on any atom is 0.104 e. The van der Waals surface area contributed by atoms with Crippen LogP contribution in [-0.4, -0.2) is 25.4 Å². The second kappa shape index (κ2) is 7.24. The van der Waals surface area contributed by atoms with Crippen LogP contribution in [0.3, 0.4) is 0 Å². The van der Waals surface area contributed by atoms with Gasteiger partial charge in [-0.3, -0.25) is 0 Å². The molecule has 1 rings (SSSR count). The number of ether oxygens (including phenoxy) is 2. The van der Waals surface area contributed by atoms with E-state index in [9.17, 15) is 0 Å². The van der Waals surface area contributed by atoms with Crippen molar-refractivity contribution in [3.05, 3.63) is 0 Å². The second-order valence-electron chi connectivity index (χ2n) is 4.17. The average molecular weight is 200 g/mol. The highest BCUT2D eigenvalue weighted by molar-refractivity contribution is 4.69. The summed E-state index contributed by atoms with van der Waals surface area (Å²) in [5, 5.41) is 0. The molecule has 0 aromatic heterocycles. The molecule has 2 unspecified atom stereocenters. The van der Waals surface area contributed by atoms with Gasteiger partial charge in [0.1, 0.15) is 6.10 Å². The Morgan fingerprint density at radius 1 is 1.29 bits per heavy atom. The van der Waals surface area contributed by atoms with E-state index in [0.717, 1.165) is 19.6 Å². The van der Waals surface area contributed by atoms with Gasteiger partial charge in [0.25, 0.3) is 0 Å². The minimum atomic E-state index is 0.416. The normalized spacial score (nSPS) is 22.3. The van der Waals surface area contributed by atoms with Crippen LogP contribution in [0.2, 0.25) is 0 Å². The number of hydrogen-bond acceptors (Lipinski definition) is 2. The fourth-order valence-corrected chi connectivity index (χ4v) is 1.61.